The van der Waals surface area contributed by atoms with Gasteiger partial charge in [0.15, 0.2) is 0 Å². The summed E-state index contributed by atoms with van der Waals surface area (Å²) in [5.74, 6) is 0. The molecule has 3 nitrogen and oxygen atoms in total. The number of rotatable bonds is 2. The fourth-order valence-corrected chi connectivity index (χ4v) is 2.76. The number of halogens is 1. The molecule has 1 aromatic heterocycles. The first-order chi connectivity index (χ1) is 7.38. The summed E-state index contributed by atoms with van der Waals surface area (Å²) in [6, 6.07) is 5.75. The van der Waals surface area contributed by atoms with Gasteiger partial charge in [-0.05, 0) is 38.1 Å². The third kappa shape index (κ3) is 3.67. The van der Waals surface area contributed by atoms with Crippen molar-refractivity contribution in [2.45, 2.75) is 23.1 Å². The van der Waals surface area contributed by atoms with Crippen molar-refractivity contribution in [3.05, 3.63) is 23.9 Å². The van der Waals surface area contributed by atoms with Crippen LogP contribution in [0.15, 0.2) is 23.4 Å². The van der Waals surface area contributed by atoms with Crippen molar-refractivity contribution in [3.8, 4) is 6.07 Å². The summed E-state index contributed by atoms with van der Waals surface area (Å²) >= 11 is 1.79. The zero-order valence-corrected chi connectivity index (χ0v) is 10.5. The van der Waals surface area contributed by atoms with Crippen LogP contribution in [0.4, 0.5) is 0 Å². The first-order valence-corrected chi connectivity index (χ1v) is 6.00. The van der Waals surface area contributed by atoms with E-state index in [2.05, 4.69) is 16.4 Å². The number of hydrogen-bond donors (Lipinski definition) is 1. The Morgan fingerprint density at radius 3 is 2.88 bits per heavy atom. The van der Waals surface area contributed by atoms with Crippen molar-refractivity contribution in [1.29, 1.82) is 5.26 Å². The Morgan fingerprint density at radius 1 is 1.44 bits per heavy atom. The van der Waals surface area contributed by atoms with E-state index in [4.69, 9.17) is 5.26 Å². The number of nitrogens with zero attached hydrogens (tertiary/aromatic N) is 2. The van der Waals surface area contributed by atoms with Gasteiger partial charge in [0, 0.05) is 11.4 Å². The Balaban J connectivity index is 0.00000128. The zero-order valence-electron chi connectivity index (χ0n) is 8.85. The first-order valence-electron chi connectivity index (χ1n) is 5.12. The highest BCUT2D eigenvalue weighted by molar-refractivity contribution is 7.99. The molecule has 0 unspecified atom stereocenters. The third-order valence-corrected chi connectivity index (χ3v) is 3.71. The molecule has 2 heterocycles. The van der Waals surface area contributed by atoms with Gasteiger partial charge in [-0.1, -0.05) is 0 Å². The second-order valence-electron chi connectivity index (χ2n) is 3.56. The van der Waals surface area contributed by atoms with Crippen LogP contribution >= 0.6 is 24.2 Å². The number of aromatic nitrogens is 1. The van der Waals surface area contributed by atoms with Crippen molar-refractivity contribution < 1.29 is 0 Å². The van der Waals surface area contributed by atoms with Crippen LogP contribution in [0.1, 0.15) is 18.4 Å². The summed E-state index contributed by atoms with van der Waals surface area (Å²) in [7, 11) is 0. The van der Waals surface area contributed by atoms with Gasteiger partial charge < -0.3 is 5.32 Å². The lowest BCUT2D eigenvalue weighted by Crippen LogP contribution is -2.29. The van der Waals surface area contributed by atoms with E-state index in [0.717, 1.165) is 18.1 Å². The number of nitriles is 1. The Hall–Kier alpha value is -0.760. The van der Waals surface area contributed by atoms with E-state index >= 15 is 0 Å². The zero-order chi connectivity index (χ0) is 10.5. The van der Waals surface area contributed by atoms with Gasteiger partial charge in [0.25, 0.3) is 0 Å². The lowest BCUT2D eigenvalue weighted by Gasteiger charge is -2.21. The number of thioether (sulfide) groups is 1. The molecule has 0 aromatic carbocycles. The average molecular weight is 256 g/mol. The predicted octanol–water partition coefficient (Wildman–Crippen LogP) is 2.22. The summed E-state index contributed by atoms with van der Waals surface area (Å²) in [5, 5.41) is 13.7. The maximum Gasteiger partial charge on any atom is 0.0993 e. The molecule has 0 aliphatic carbocycles. The van der Waals surface area contributed by atoms with E-state index in [0.29, 0.717) is 10.8 Å². The molecule has 1 aromatic rings. The SMILES string of the molecule is Cl.N#Cc1ccnc(SC2CCNCC2)c1. The molecule has 0 atom stereocenters. The first kappa shape index (κ1) is 13.3. The number of piperidine rings is 1. The fraction of sp³-hybridized carbons (Fsp3) is 0.455. The van der Waals surface area contributed by atoms with Gasteiger partial charge in [-0.2, -0.15) is 5.26 Å². The number of hydrogen-bond acceptors (Lipinski definition) is 4. The minimum absolute atomic E-state index is 0. The van der Waals surface area contributed by atoms with E-state index in [9.17, 15) is 0 Å². The van der Waals surface area contributed by atoms with Gasteiger partial charge in [0.1, 0.15) is 0 Å². The van der Waals surface area contributed by atoms with Crippen LogP contribution in [-0.2, 0) is 0 Å². The Kier molecular flexibility index (Phi) is 5.61. The second kappa shape index (κ2) is 6.74. The molecular formula is C11H14ClN3S. The standard InChI is InChI=1S/C11H13N3S.ClH/c12-8-9-1-6-14-11(7-9)15-10-2-4-13-5-3-10;/h1,6-7,10,13H,2-5H2;1H. The summed E-state index contributed by atoms with van der Waals surface area (Å²) in [5.41, 5.74) is 0.696. The lowest BCUT2D eigenvalue weighted by molar-refractivity contribution is 0.531. The topological polar surface area (TPSA) is 48.7 Å². The van der Waals surface area contributed by atoms with Crippen LogP contribution in [0, 0.1) is 11.3 Å². The molecule has 1 fully saturated rings. The largest absolute Gasteiger partial charge is 0.317 e. The summed E-state index contributed by atoms with van der Waals surface area (Å²) in [4.78, 5) is 4.27. The van der Waals surface area contributed by atoms with Crippen LogP contribution in [0.5, 0.6) is 0 Å². The van der Waals surface area contributed by atoms with Crippen LogP contribution in [0.25, 0.3) is 0 Å². The van der Waals surface area contributed by atoms with Gasteiger partial charge >= 0.3 is 0 Å². The maximum absolute atomic E-state index is 8.77. The van der Waals surface area contributed by atoms with Crippen LogP contribution in [-0.4, -0.2) is 23.3 Å². The molecule has 1 aliphatic rings. The monoisotopic (exact) mass is 255 g/mol. The smallest absolute Gasteiger partial charge is 0.0993 e. The van der Waals surface area contributed by atoms with Crippen LogP contribution < -0.4 is 5.32 Å². The van der Waals surface area contributed by atoms with Crippen LogP contribution in [0.2, 0.25) is 0 Å². The van der Waals surface area contributed by atoms with Gasteiger partial charge in [-0.3, -0.25) is 0 Å². The summed E-state index contributed by atoms with van der Waals surface area (Å²) < 4.78 is 0. The molecule has 5 heteroatoms. The van der Waals surface area contributed by atoms with Crippen LogP contribution in [0.3, 0.4) is 0 Å². The minimum atomic E-state index is 0. The molecule has 1 saturated heterocycles. The molecule has 0 bridgehead atoms. The van der Waals surface area contributed by atoms with Gasteiger partial charge in [-0.15, -0.1) is 24.2 Å². The Bertz CT molecular complexity index is 372. The average Bonchev–Trinajstić information content (AvgIpc) is 2.31. The fourth-order valence-electron chi connectivity index (χ4n) is 1.63. The second-order valence-corrected chi connectivity index (χ2v) is 4.88. The van der Waals surface area contributed by atoms with Crippen molar-refractivity contribution in [1.82, 2.24) is 10.3 Å². The molecule has 0 amide bonds. The highest BCUT2D eigenvalue weighted by Gasteiger charge is 2.14. The van der Waals surface area contributed by atoms with Crippen molar-refractivity contribution in [2.24, 2.45) is 0 Å². The predicted molar refractivity (Wildman–Crippen MR) is 67.9 cm³/mol. The van der Waals surface area contributed by atoms with E-state index in [1.165, 1.54) is 12.8 Å². The molecule has 1 N–H and O–H groups in total. The molecular weight excluding hydrogens is 242 g/mol. The third-order valence-electron chi connectivity index (χ3n) is 2.44. The summed E-state index contributed by atoms with van der Waals surface area (Å²) in [6.45, 7) is 2.19. The highest BCUT2D eigenvalue weighted by Crippen LogP contribution is 2.27. The van der Waals surface area contributed by atoms with Crippen molar-refractivity contribution in [2.75, 3.05) is 13.1 Å². The summed E-state index contributed by atoms with van der Waals surface area (Å²) in [6.07, 6.45) is 4.08. The molecule has 86 valence electrons. The minimum Gasteiger partial charge on any atom is -0.317 e. The van der Waals surface area contributed by atoms with E-state index < -0.39 is 0 Å². The maximum atomic E-state index is 8.77. The lowest BCUT2D eigenvalue weighted by atomic mass is 10.2. The molecule has 0 radical (unpaired) electrons. The Morgan fingerprint density at radius 2 is 2.19 bits per heavy atom. The highest BCUT2D eigenvalue weighted by atomic mass is 35.5. The van der Waals surface area contributed by atoms with E-state index in [1.807, 2.05) is 6.07 Å². The van der Waals surface area contributed by atoms with Gasteiger partial charge in [0.2, 0.25) is 0 Å². The van der Waals surface area contributed by atoms with E-state index in [1.54, 1.807) is 24.0 Å². The van der Waals surface area contributed by atoms with Crippen molar-refractivity contribution in [3.63, 3.8) is 0 Å². The van der Waals surface area contributed by atoms with Gasteiger partial charge in [-0.25, -0.2) is 4.98 Å². The molecule has 0 saturated carbocycles. The van der Waals surface area contributed by atoms with Crippen molar-refractivity contribution >= 4 is 24.2 Å². The molecule has 16 heavy (non-hydrogen) atoms. The Labute approximate surface area is 106 Å². The molecule has 2 rings (SSSR count). The molecule has 1 aliphatic heterocycles. The number of nitrogens with one attached hydrogen (secondary N) is 1. The number of pyridine rings is 1. The molecule has 0 spiro atoms. The van der Waals surface area contributed by atoms with E-state index in [-0.39, 0.29) is 12.4 Å². The quantitative estimate of drug-likeness (QED) is 0.880. The van der Waals surface area contributed by atoms with Gasteiger partial charge in [0.05, 0.1) is 16.7 Å². The normalized spacial score (nSPS) is 16.2.